The van der Waals surface area contributed by atoms with Gasteiger partial charge >= 0.3 is 5.97 Å². The fraction of sp³-hybridized carbons (Fsp3) is 0.235. The van der Waals surface area contributed by atoms with Gasteiger partial charge in [0, 0.05) is 12.1 Å². The minimum absolute atomic E-state index is 0.108. The van der Waals surface area contributed by atoms with E-state index in [2.05, 4.69) is 0 Å². The summed E-state index contributed by atoms with van der Waals surface area (Å²) in [5.74, 6) is -0.719. The predicted octanol–water partition coefficient (Wildman–Crippen LogP) is 2.66. The highest BCUT2D eigenvalue weighted by molar-refractivity contribution is 7.93. The van der Waals surface area contributed by atoms with E-state index in [1.54, 1.807) is 25.1 Å². The van der Waals surface area contributed by atoms with E-state index in [9.17, 15) is 23.3 Å². The Hall–Kier alpha value is -2.94. The van der Waals surface area contributed by atoms with E-state index in [1.165, 1.54) is 31.2 Å². The minimum atomic E-state index is -4.23. The van der Waals surface area contributed by atoms with Crippen molar-refractivity contribution in [1.82, 2.24) is 0 Å². The summed E-state index contributed by atoms with van der Waals surface area (Å²) in [5, 5.41) is 11.0. The molecule has 0 aliphatic rings. The largest absolute Gasteiger partial charge is 0.465 e. The van der Waals surface area contributed by atoms with Crippen molar-refractivity contribution < 1.29 is 22.9 Å². The van der Waals surface area contributed by atoms with Gasteiger partial charge in [-0.1, -0.05) is 24.3 Å². The second-order valence-electron chi connectivity index (χ2n) is 5.36. The molecule has 0 spiro atoms. The molecule has 0 bridgehead atoms. The van der Waals surface area contributed by atoms with Crippen LogP contribution in [0.1, 0.15) is 12.5 Å². The average molecular weight is 378 g/mol. The Labute approximate surface area is 151 Å². The zero-order chi connectivity index (χ0) is 19.3. The first-order chi connectivity index (χ1) is 12.3. The first-order valence-electron chi connectivity index (χ1n) is 7.75. The van der Waals surface area contributed by atoms with Crippen LogP contribution in [0, 0.1) is 17.0 Å². The predicted molar refractivity (Wildman–Crippen MR) is 95.4 cm³/mol. The molecule has 2 aromatic rings. The number of hydrogen-bond donors (Lipinski definition) is 0. The SMILES string of the molecule is CCOC(=O)CN(c1ccccc1)S(=O)(=O)c1cc([N+](=O)[O-])ccc1C. The first-order valence-corrected chi connectivity index (χ1v) is 9.19. The molecule has 26 heavy (non-hydrogen) atoms. The molecule has 8 nitrogen and oxygen atoms in total. The number of carbonyl (C=O) groups excluding carboxylic acids is 1. The van der Waals surface area contributed by atoms with E-state index in [1.807, 2.05) is 0 Å². The standard InChI is InChI=1S/C17H18N2O6S/c1-3-25-17(20)12-18(14-7-5-4-6-8-14)26(23,24)16-11-15(19(21)22)10-9-13(16)2/h4-11H,3,12H2,1-2H3. The quantitative estimate of drug-likeness (QED) is 0.416. The smallest absolute Gasteiger partial charge is 0.326 e. The molecular weight excluding hydrogens is 360 g/mol. The van der Waals surface area contributed by atoms with Crippen LogP contribution in [0.15, 0.2) is 53.4 Å². The molecule has 0 atom stereocenters. The van der Waals surface area contributed by atoms with Crippen molar-refractivity contribution in [3.05, 3.63) is 64.2 Å². The van der Waals surface area contributed by atoms with Gasteiger partial charge in [0.05, 0.1) is 22.1 Å². The van der Waals surface area contributed by atoms with Crippen LogP contribution < -0.4 is 4.31 Å². The molecule has 9 heteroatoms. The van der Waals surface area contributed by atoms with Crippen molar-refractivity contribution in [2.45, 2.75) is 18.7 Å². The molecule has 0 N–H and O–H groups in total. The number of ether oxygens (including phenoxy) is 1. The summed E-state index contributed by atoms with van der Waals surface area (Å²) in [6.45, 7) is 2.72. The number of nitro groups is 1. The third kappa shape index (κ3) is 4.17. The Morgan fingerprint density at radius 3 is 2.42 bits per heavy atom. The Kier molecular flexibility index (Phi) is 5.93. The molecule has 2 rings (SSSR count). The second kappa shape index (κ2) is 7.96. The van der Waals surface area contributed by atoms with Crippen molar-refractivity contribution in [3.8, 4) is 0 Å². The number of hydrogen-bond acceptors (Lipinski definition) is 6. The Bertz CT molecular complexity index is 912. The van der Waals surface area contributed by atoms with Gasteiger partial charge < -0.3 is 4.74 Å². The van der Waals surface area contributed by atoms with Crippen LogP contribution in [0.3, 0.4) is 0 Å². The maximum atomic E-state index is 13.2. The second-order valence-corrected chi connectivity index (χ2v) is 7.19. The summed E-state index contributed by atoms with van der Waals surface area (Å²) >= 11 is 0. The highest BCUT2D eigenvalue weighted by Gasteiger charge is 2.30. The molecule has 0 unspecified atom stereocenters. The topological polar surface area (TPSA) is 107 Å². The molecule has 0 aromatic heterocycles. The zero-order valence-electron chi connectivity index (χ0n) is 14.3. The molecule has 0 saturated heterocycles. The van der Waals surface area contributed by atoms with Gasteiger partial charge in [-0.05, 0) is 31.5 Å². The lowest BCUT2D eigenvalue weighted by Gasteiger charge is -2.24. The molecule has 0 saturated carbocycles. The molecule has 0 amide bonds. The fourth-order valence-electron chi connectivity index (χ4n) is 2.33. The lowest BCUT2D eigenvalue weighted by molar-refractivity contribution is -0.385. The van der Waals surface area contributed by atoms with Crippen molar-refractivity contribution >= 4 is 27.4 Å². The summed E-state index contributed by atoms with van der Waals surface area (Å²) in [5.41, 5.74) is 0.241. The van der Waals surface area contributed by atoms with Crippen molar-refractivity contribution in [2.75, 3.05) is 17.5 Å². The highest BCUT2D eigenvalue weighted by atomic mass is 32.2. The number of rotatable bonds is 7. The molecule has 0 heterocycles. The number of nitro benzene ring substituents is 1. The zero-order valence-corrected chi connectivity index (χ0v) is 15.1. The summed E-state index contributed by atoms with van der Waals surface area (Å²) in [6, 6.07) is 11.6. The maximum absolute atomic E-state index is 13.2. The average Bonchev–Trinajstić information content (AvgIpc) is 2.60. The van der Waals surface area contributed by atoms with Gasteiger partial charge in [-0.25, -0.2) is 8.42 Å². The molecule has 2 aromatic carbocycles. The summed E-state index contributed by atoms with van der Waals surface area (Å²) in [6.07, 6.45) is 0. The number of esters is 1. The van der Waals surface area contributed by atoms with Gasteiger partial charge in [0.25, 0.3) is 15.7 Å². The van der Waals surface area contributed by atoms with Gasteiger partial charge in [-0.15, -0.1) is 0 Å². The van der Waals surface area contributed by atoms with Gasteiger partial charge in [0.1, 0.15) is 6.54 Å². The number of para-hydroxylation sites is 1. The summed E-state index contributed by atoms with van der Waals surface area (Å²) in [7, 11) is -4.23. The Morgan fingerprint density at radius 1 is 1.19 bits per heavy atom. The molecule has 138 valence electrons. The van der Waals surface area contributed by atoms with Gasteiger partial charge in [0.15, 0.2) is 0 Å². The number of aryl methyl sites for hydroxylation is 1. The van der Waals surface area contributed by atoms with Gasteiger partial charge in [0.2, 0.25) is 0 Å². The van der Waals surface area contributed by atoms with Crippen LogP contribution in [0.25, 0.3) is 0 Å². The monoisotopic (exact) mass is 378 g/mol. The molecule has 0 aliphatic carbocycles. The number of sulfonamides is 1. The van der Waals surface area contributed by atoms with E-state index in [-0.39, 0.29) is 22.9 Å². The molecular formula is C17H18N2O6S. The fourth-order valence-corrected chi connectivity index (χ4v) is 3.99. The lowest BCUT2D eigenvalue weighted by Crippen LogP contribution is -2.37. The van der Waals surface area contributed by atoms with Gasteiger partial charge in [-0.3, -0.25) is 19.2 Å². The Balaban J connectivity index is 2.57. The van der Waals surface area contributed by atoms with Gasteiger partial charge in [-0.2, -0.15) is 0 Å². The van der Waals surface area contributed by atoms with Crippen LogP contribution in [0.4, 0.5) is 11.4 Å². The maximum Gasteiger partial charge on any atom is 0.326 e. The number of non-ortho nitro benzene ring substituents is 1. The summed E-state index contributed by atoms with van der Waals surface area (Å²) < 4.78 is 32.1. The summed E-state index contributed by atoms with van der Waals surface area (Å²) in [4.78, 5) is 22.0. The number of benzene rings is 2. The van der Waals surface area contributed by atoms with Crippen molar-refractivity contribution in [1.29, 1.82) is 0 Å². The third-order valence-electron chi connectivity index (χ3n) is 3.57. The van der Waals surface area contributed by atoms with E-state index >= 15 is 0 Å². The lowest BCUT2D eigenvalue weighted by atomic mass is 10.2. The van der Waals surface area contributed by atoms with Crippen LogP contribution in [0.5, 0.6) is 0 Å². The van der Waals surface area contributed by atoms with Crippen molar-refractivity contribution in [3.63, 3.8) is 0 Å². The van der Waals surface area contributed by atoms with E-state index < -0.39 is 27.5 Å². The number of carbonyl (C=O) groups is 1. The third-order valence-corrected chi connectivity index (χ3v) is 5.49. The molecule has 0 fully saturated rings. The van der Waals surface area contributed by atoms with E-state index in [4.69, 9.17) is 4.74 Å². The van der Waals surface area contributed by atoms with E-state index in [0.717, 1.165) is 10.4 Å². The van der Waals surface area contributed by atoms with Crippen LogP contribution in [0.2, 0.25) is 0 Å². The van der Waals surface area contributed by atoms with Crippen LogP contribution in [-0.2, 0) is 19.6 Å². The Morgan fingerprint density at radius 2 is 1.85 bits per heavy atom. The van der Waals surface area contributed by atoms with Crippen LogP contribution >= 0.6 is 0 Å². The van der Waals surface area contributed by atoms with E-state index in [0.29, 0.717) is 5.56 Å². The van der Waals surface area contributed by atoms with Crippen LogP contribution in [-0.4, -0.2) is 32.5 Å². The number of nitrogens with zero attached hydrogens (tertiary/aromatic N) is 2. The van der Waals surface area contributed by atoms with Crippen molar-refractivity contribution in [2.24, 2.45) is 0 Å². The number of anilines is 1. The highest BCUT2D eigenvalue weighted by Crippen LogP contribution is 2.28. The normalized spacial score (nSPS) is 11.0. The first kappa shape index (κ1) is 19.4. The molecule has 0 radical (unpaired) electrons. The molecule has 0 aliphatic heterocycles. The minimum Gasteiger partial charge on any atom is -0.465 e.